The van der Waals surface area contributed by atoms with Crippen LogP contribution in [0.5, 0.6) is 0 Å². The van der Waals surface area contributed by atoms with E-state index in [2.05, 4.69) is 28.0 Å². The molecule has 0 atom stereocenters. The minimum Gasteiger partial charge on any atom is -0.370 e. The molecule has 0 fully saturated rings. The van der Waals surface area contributed by atoms with Crippen molar-refractivity contribution in [2.24, 2.45) is 16.6 Å². The summed E-state index contributed by atoms with van der Waals surface area (Å²) in [7, 11) is -3.47. The number of halogens is 1. The van der Waals surface area contributed by atoms with E-state index in [0.29, 0.717) is 19.0 Å². The van der Waals surface area contributed by atoms with Crippen LogP contribution in [-0.4, -0.2) is 20.9 Å². The Kier molecular flexibility index (Phi) is 9.91. The third-order valence-corrected chi connectivity index (χ3v) is 5.39. The van der Waals surface area contributed by atoms with Gasteiger partial charge in [0.15, 0.2) is 5.96 Å². The molecular weight excluding hydrogens is 487 g/mol. The molecule has 0 spiro atoms. The summed E-state index contributed by atoms with van der Waals surface area (Å²) in [6, 6.07) is 14.7. The number of aryl methyl sites for hydroxylation is 1. The van der Waals surface area contributed by atoms with Gasteiger partial charge in [0.05, 0.1) is 11.4 Å². The van der Waals surface area contributed by atoms with Crippen LogP contribution in [0.4, 0.5) is 5.69 Å². The van der Waals surface area contributed by atoms with E-state index >= 15 is 0 Å². The van der Waals surface area contributed by atoms with Crippen LogP contribution >= 0.6 is 24.0 Å². The van der Waals surface area contributed by atoms with Gasteiger partial charge in [-0.2, -0.15) is 0 Å². The third-order valence-electron chi connectivity index (χ3n) is 3.95. The Morgan fingerprint density at radius 1 is 1.11 bits per heavy atom. The molecule has 4 N–H and O–H groups in total. The average molecular weight is 516 g/mol. The zero-order valence-corrected chi connectivity index (χ0v) is 19.6. The number of hydrogen-bond donors (Lipinski definition) is 3. The fourth-order valence-electron chi connectivity index (χ4n) is 2.37. The maximum atomic E-state index is 12.2. The lowest BCUT2D eigenvalue weighted by molar-refractivity contribution is 0.560. The van der Waals surface area contributed by atoms with Gasteiger partial charge >= 0.3 is 0 Å². The molecule has 154 valence electrons. The first kappa shape index (κ1) is 24.4. The van der Waals surface area contributed by atoms with Gasteiger partial charge in [-0.15, -0.1) is 24.0 Å². The summed E-state index contributed by atoms with van der Waals surface area (Å²) in [5, 5.41) is 3.07. The Morgan fingerprint density at radius 2 is 1.79 bits per heavy atom. The average Bonchev–Trinajstić information content (AvgIpc) is 2.65. The standard InChI is InChI=1S/C20H28N4O2S.HI/c1-4-16-6-5-7-18(12-16)24-20(21)22-14-17-8-10-19(11-9-17)27(25,26)23-13-15(2)3;/h5-12,15,23H,4,13-14H2,1-3H3,(H3,21,22,24);1H. The Hall–Kier alpha value is -1.65. The van der Waals surface area contributed by atoms with Crippen LogP contribution in [0.1, 0.15) is 31.9 Å². The van der Waals surface area contributed by atoms with E-state index in [1.165, 1.54) is 5.56 Å². The predicted molar refractivity (Wildman–Crippen MR) is 127 cm³/mol. The summed E-state index contributed by atoms with van der Waals surface area (Å²) in [4.78, 5) is 4.56. The van der Waals surface area contributed by atoms with Gasteiger partial charge < -0.3 is 11.1 Å². The molecule has 0 unspecified atom stereocenters. The fraction of sp³-hybridized carbons (Fsp3) is 0.350. The molecule has 28 heavy (non-hydrogen) atoms. The van der Waals surface area contributed by atoms with Crippen molar-refractivity contribution in [3.05, 3.63) is 59.7 Å². The molecule has 0 bridgehead atoms. The normalized spacial score (nSPS) is 11.9. The fourth-order valence-corrected chi connectivity index (χ4v) is 3.58. The lowest BCUT2D eigenvalue weighted by atomic mass is 10.1. The highest BCUT2D eigenvalue weighted by molar-refractivity contribution is 14.0. The lowest BCUT2D eigenvalue weighted by Crippen LogP contribution is -2.27. The van der Waals surface area contributed by atoms with Crippen molar-refractivity contribution in [2.75, 3.05) is 11.9 Å². The molecule has 6 nitrogen and oxygen atoms in total. The van der Waals surface area contributed by atoms with Crippen LogP contribution in [-0.2, 0) is 23.0 Å². The van der Waals surface area contributed by atoms with Crippen molar-refractivity contribution >= 4 is 45.6 Å². The van der Waals surface area contributed by atoms with Gasteiger partial charge in [-0.3, -0.25) is 0 Å². The van der Waals surface area contributed by atoms with Crippen LogP contribution in [0.15, 0.2) is 58.4 Å². The number of rotatable bonds is 8. The quantitative estimate of drug-likeness (QED) is 0.283. The maximum absolute atomic E-state index is 12.2. The summed E-state index contributed by atoms with van der Waals surface area (Å²) in [5.74, 6) is 0.570. The molecule has 0 aliphatic rings. The number of hydrogen-bond acceptors (Lipinski definition) is 3. The SMILES string of the molecule is CCc1cccc(NC(N)=NCc2ccc(S(=O)(=O)NCC(C)C)cc2)c1.I. The van der Waals surface area contributed by atoms with E-state index < -0.39 is 10.0 Å². The number of sulfonamides is 1. The van der Waals surface area contributed by atoms with Crippen LogP contribution in [0, 0.1) is 5.92 Å². The van der Waals surface area contributed by atoms with E-state index in [1.54, 1.807) is 24.3 Å². The molecule has 0 saturated heterocycles. The molecule has 2 aromatic carbocycles. The first-order chi connectivity index (χ1) is 12.8. The summed E-state index contributed by atoms with van der Waals surface area (Å²) < 4.78 is 27.0. The van der Waals surface area contributed by atoms with Crippen molar-refractivity contribution in [1.29, 1.82) is 0 Å². The van der Waals surface area contributed by atoms with E-state index in [4.69, 9.17) is 5.73 Å². The highest BCUT2D eigenvalue weighted by atomic mass is 127. The minimum atomic E-state index is -3.47. The Labute approximate surface area is 185 Å². The van der Waals surface area contributed by atoms with Crippen molar-refractivity contribution in [1.82, 2.24) is 4.72 Å². The van der Waals surface area contributed by atoms with Gasteiger partial charge in [0.2, 0.25) is 10.0 Å². The van der Waals surface area contributed by atoms with Crippen molar-refractivity contribution in [3.8, 4) is 0 Å². The van der Waals surface area contributed by atoms with Crippen molar-refractivity contribution in [3.63, 3.8) is 0 Å². The van der Waals surface area contributed by atoms with E-state index in [-0.39, 0.29) is 34.8 Å². The summed E-state index contributed by atoms with van der Waals surface area (Å²) >= 11 is 0. The number of nitrogens with two attached hydrogens (primary N) is 1. The molecule has 0 aliphatic carbocycles. The molecule has 0 radical (unpaired) electrons. The maximum Gasteiger partial charge on any atom is 0.240 e. The number of guanidine groups is 1. The second-order valence-corrected chi connectivity index (χ2v) is 8.54. The number of anilines is 1. The molecule has 0 amide bonds. The number of benzene rings is 2. The van der Waals surface area contributed by atoms with Crippen LogP contribution < -0.4 is 15.8 Å². The third kappa shape index (κ3) is 7.76. The molecule has 0 heterocycles. The van der Waals surface area contributed by atoms with Crippen molar-refractivity contribution in [2.45, 2.75) is 38.6 Å². The van der Waals surface area contributed by atoms with Gasteiger partial charge in [0.1, 0.15) is 0 Å². The summed E-state index contributed by atoms with van der Waals surface area (Å²) in [5.41, 5.74) is 8.94. The molecule has 0 saturated carbocycles. The molecule has 2 aromatic rings. The lowest BCUT2D eigenvalue weighted by Gasteiger charge is -2.09. The van der Waals surface area contributed by atoms with E-state index in [0.717, 1.165) is 17.7 Å². The molecular formula is C20H29IN4O2S. The highest BCUT2D eigenvalue weighted by Gasteiger charge is 2.13. The number of nitrogens with one attached hydrogen (secondary N) is 2. The monoisotopic (exact) mass is 516 g/mol. The van der Waals surface area contributed by atoms with Gasteiger partial charge in [-0.05, 0) is 47.7 Å². The van der Waals surface area contributed by atoms with E-state index in [1.807, 2.05) is 32.0 Å². The zero-order valence-electron chi connectivity index (χ0n) is 16.5. The van der Waals surface area contributed by atoms with Crippen LogP contribution in [0.25, 0.3) is 0 Å². The number of nitrogens with zero attached hydrogens (tertiary/aromatic N) is 1. The first-order valence-electron chi connectivity index (χ1n) is 9.04. The number of aliphatic imine (C=N–C) groups is 1. The summed E-state index contributed by atoms with van der Waals surface area (Å²) in [6.07, 6.45) is 0.952. The smallest absolute Gasteiger partial charge is 0.240 e. The van der Waals surface area contributed by atoms with Gasteiger partial charge in [-0.25, -0.2) is 18.1 Å². The first-order valence-corrected chi connectivity index (χ1v) is 10.5. The second kappa shape index (κ2) is 11.4. The summed E-state index contributed by atoms with van der Waals surface area (Å²) in [6.45, 7) is 6.79. The van der Waals surface area contributed by atoms with Gasteiger partial charge in [0.25, 0.3) is 0 Å². The van der Waals surface area contributed by atoms with Crippen molar-refractivity contribution < 1.29 is 8.42 Å². The Bertz CT molecular complexity index is 881. The zero-order chi connectivity index (χ0) is 19.9. The Balaban J connectivity index is 0.00000392. The highest BCUT2D eigenvalue weighted by Crippen LogP contribution is 2.13. The molecule has 0 aromatic heterocycles. The van der Waals surface area contributed by atoms with E-state index in [9.17, 15) is 8.42 Å². The van der Waals surface area contributed by atoms with Gasteiger partial charge in [-0.1, -0.05) is 45.0 Å². The minimum absolute atomic E-state index is 0. The van der Waals surface area contributed by atoms with Gasteiger partial charge in [0, 0.05) is 12.2 Å². The predicted octanol–water partition coefficient (Wildman–Crippen LogP) is 3.73. The second-order valence-electron chi connectivity index (χ2n) is 6.77. The topological polar surface area (TPSA) is 96.6 Å². The van der Waals surface area contributed by atoms with Crippen LogP contribution in [0.3, 0.4) is 0 Å². The molecule has 0 aliphatic heterocycles. The van der Waals surface area contributed by atoms with Crippen LogP contribution in [0.2, 0.25) is 0 Å². The molecule has 2 rings (SSSR count). The molecule has 8 heteroatoms. The Morgan fingerprint density at radius 3 is 2.39 bits per heavy atom. The largest absolute Gasteiger partial charge is 0.370 e.